The van der Waals surface area contributed by atoms with E-state index in [9.17, 15) is 4.79 Å². The summed E-state index contributed by atoms with van der Waals surface area (Å²) in [6.07, 6.45) is 1.80. The standard InChI is InChI=1S/C16H26N2O/c1-5-13-7-9-14(10-8-13)11-18(4)15(19)16(3,6-2)12-17/h7-10H,5-6,11-12,17H2,1-4H3. The van der Waals surface area contributed by atoms with E-state index in [1.165, 1.54) is 5.56 Å². The van der Waals surface area contributed by atoms with Crippen LogP contribution in [0.2, 0.25) is 0 Å². The molecule has 3 heteroatoms. The lowest BCUT2D eigenvalue weighted by Crippen LogP contribution is -2.44. The van der Waals surface area contributed by atoms with Crippen molar-refractivity contribution >= 4 is 5.91 Å². The van der Waals surface area contributed by atoms with Crippen LogP contribution >= 0.6 is 0 Å². The SMILES string of the molecule is CCc1ccc(CN(C)C(=O)C(C)(CC)CN)cc1. The van der Waals surface area contributed by atoms with Gasteiger partial charge in [0.1, 0.15) is 0 Å². The van der Waals surface area contributed by atoms with Gasteiger partial charge in [-0.05, 0) is 30.9 Å². The van der Waals surface area contributed by atoms with E-state index in [2.05, 4.69) is 31.2 Å². The van der Waals surface area contributed by atoms with Crippen LogP contribution in [-0.4, -0.2) is 24.4 Å². The first-order valence-electron chi connectivity index (χ1n) is 7.00. The van der Waals surface area contributed by atoms with Gasteiger partial charge in [0.05, 0.1) is 5.41 Å². The van der Waals surface area contributed by atoms with Crippen molar-refractivity contribution < 1.29 is 4.79 Å². The fourth-order valence-electron chi connectivity index (χ4n) is 2.07. The van der Waals surface area contributed by atoms with Crippen LogP contribution in [0, 0.1) is 5.41 Å². The zero-order valence-electron chi connectivity index (χ0n) is 12.6. The first-order chi connectivity index (χ1) is 8.96. The van der Waals surface area contributed by atoms with Crippen molar-refractivity contribution in [2.45, 2.75) is 40.2 Å². The largest absolute Gasteiger partial charge is 0.341 e. The molecule has 1 amide bonds. The van der Waals surface area contributed by atoms with Gasteiger partial charge in [-0.3, -0.25) is 4.79 Å². The summed E-state index contributed by atoms with van der Waals surface area (Å²) in [6.45, 7) is 7.11. The third-order valence-electron chi connectivity index (χ3n) is 3.94. The molecule has 106 valence electrons. The number of nitrogens with zero attached hydrogens (tertiary/aromatic N) is 1. The fourth-order valence-corrected chi connectivity index (χ4v) is 2.07. The van der Waals surface area contributed by atoms with Gasteiger partial charge < -0.3 is 10.6 Å². The third kappa shape index (κ3) is 3.80. The maximum absolute atomic E-state index is 12.4. The number of nitrogens with two attached hydrogens (primary N) is 1. The Morgan fingerprint density at radius 2 is 1.74 bits per heavy atom. The molecule has 3 nitrogen and oxygen atoms in total. The van der Waals surface area contributed by atoms with Gasteiger partial charge in [-0.1, -0.05) is 38.1 Å². The van der Waals surface area contributed by atoms with E-state index < -0.39 is 5.41 Å². The van der Waals surface area contributed by atoms with Crippen LogP contribution in [0.1, 0.15) is 38.3 Å². The zero-order chi connectivity index (χ0) is 14.5. The average molecular weight is 262 g/mol. The molecular formula is C16H26N2O. The Bertz CT molecular complexity index is 407. The predicted molar refractivity (Wildman–Crippen MR) is 79.7 cm³/mol. The molecule has 19 heavy (non-hydrogen) atoms. The molecule has 1 unspecified atom stereocenters. The molecule has 2 N–H and O–H groups in total. The summed E-state index contributed by atoms with van der Waals surface area (Å²) in [6, 6.07) is 8.42. The van der Waals surface area contributed by atoms with Crippen LogP contribution in [0.5, 0.6) is 0 Å². The molecule has 0 saturated carbocycles. The van der Waals surface area contributed by atoms with E-state index >= 15 is 0 Å². The Morgan fingerprint density at radius 1 is 1.21 bits per heavy atom. The lowest BCUT2D eigenvalue weighted by molar-refractivity contribution is -0.140. The van der Waals surface area contributed by atoms with Crippen LogP contribution < -0.4 is 5.73 Å². The number of benzene rings is 1. The molecule has 1 aromatic carbocycles. The second-order valence-corrected chi connectivity index (χ2v) is 5.45. The highest BCUT2D eigenvalue weighted by Gasteiger charge is 2.32. The van der Waals surface area contributed by atoms with Crippen LogP contribution in [0.25, 0.3) is 0 Å². The Balaban J connectivity index is 2.73. The highest BCUT2D eigenvalue weighted by molar-refractivity contribution is 5.82. The molecule has 0 aliphatic rings. The van der Waals surface area contributed by atoms with Gasteiger partial charge in [0, 0.05) is 20.1 Å². The van der Waals surface area contributed by atoms with Gasteiger partial charge in [-0.25, -0.2) is 0 Å². The molecule has 1 aromatic rings. The maximum atomic E-state index is 12.4. The number of rotatable bonds is 6. The van der Waals surface area contributed by atoms with E-state index in [4.69, 9.17) is 5.73 Å². The minimum Gasteiger partial charge on any atom is -0.341 e. The summed E-state index contributed by atoms with van der Waals surface area (Å²) in [4.78, 5) is 14.2. The summed E-state index contributed by atoms with van der Waals surface area (Å²) in [7, 11) is 1.85. The smallest absolute Gasteiger partial charge is 0.229 e. The summed E-state index contributed by atoms with van der Waals surface area (Å²) in [5, 5.41) is 0. The van der Waals surface area contributed by atoms with E-state index in [1.54, 1.807) is 4.90 Å². The van der Waals surface area contributed by atoms with Crippen LogP contribution in [0.3, 0.4) is 0 Å². The van der Waals surface area contributed by atoms with Gasteiger partial charge >= 0.3 is 0 Å². The highest BCUT2D eigenvalue weighted by Crippen LogP contribution is 2.23. The van der Waals surface area contributed by atoms with Crippen molar-refractivity contribution in [3.05, 3.63) is 35.4 Å². The molecule has 0 spiro atoms. The number of hydrogen-bond donors (Lipinski definition) is 1. The second kappa shape index (κ2) is 6.71. The topological polar surface area (TPSA) is 46.3 Å². The van der Waals surface area contributed by atoms with Crippen molar-refractivity contribution in [2.24, 2.45) is 11.1 Å². The molecule has 0 saturated heterocycles. The number of hydrogen-bond acceptors (Lipinski definition) is 2. The number of carbonyl (C=O) groups is 1. The van der Waals surface area contributed by atoms with Crippen LogP contribution in [0.15, 0.2) is 24.3 Å². The van der Waals surface area contributed by atoms with Crippen molar-refractivity contribution in [3.8, 4) is 0 Å². The zero-order valence-corrected chi connectivity index (χ0v) is 12.6. The van der Waals surface area contributed by atoms with Gasteiger partial charge in [0.25, 0.3) is 0 Å². The normalized spacial score (nSPS) is 13.9. The van der Waals surface area contributed by atoms with E-state index in [0.717, 1.165) is 18.4 Å². The first kappa shape index (κ1) is 15.7. The number of carbonyl (C=O) groups excluding carboxylic acids is 1. The monoisotopic (exact) mass is 262 g/mol. The maximum Gasteiger partial charge on any atom is 0.229 e. The average Bonchev–Trinajstić information content (AvgIpc) is 2.46. The molecule has 0 heterocycles. The molecule has 1 atom stereocenters. The highest BCUT2D eigenvalue weighted by atomic mass is 16.2. The number of aryl methyl sites for hydroxylation is 1. The van der Waals surface area contributed by atoms with Gasteiger partial charge in [-0.15, -0.1) is 0 Å². The molecule has 0 bridgehead atoms. The van der Waals surface area contributed by atoms with E-state index in [1.807, 2.05) is 20.9 Å². The van der Waals surface area contributed by atoms with Crippen LogP contribution in [-0.2, 0) is 17.8 Å². The lowest BCUT2D eigenvalue weighted by atomic mass is 9.86. The Kier molecular flexibility index (Phi) is 5.55. The molecule has 0 aliphatic heterocycles. The van der Waals surface area contributed by atoms with Gasteiger partial charge in [0.15, 0.2) is 0 Å². The predicted octanol–water partition coefficient (Wildman–Crippen LogP) is 2.58. The Labute approximate surface area is 116 Å². The third-order valence-corrected chi connectivity index (χ3v) is 3.94. The van der Waals surface area contributed by atoms with Gasteiger partial charge in [-0.2, -0.15) is 0 Å². The van der Waals surface area contributed by atoms with Crippen molar-refractivity contribution in [1.82, 2.24) is 4.90 Å². The molecule has 0 radical (unpaired) electrons. The number of amides is 1. The summed E-state index contributed by atoms with van der Waals surface area (Å²) < 4.78 is 0. The lowest BCUT2D eigenvalue weighted by Gasteiger charge is -2.30. The van der Waals surface area contributed by atoms with E-state index in [-0.39, 0.29) is 5.91 Å². The first-order valence-corrected chi connectivity index (χ1v) is 7.00. The van der Waals surface area contributed by atoms with Crippen molar-refractivity contribution in [2.75, 3.05) is 13.6 Å². The minimum atomic E-state index is -0.446. The molecule has 1 rings (SSSR count). The quantitative estimate of drug-likeness (QED) is 0.856. The molecule has 0 fully saturated rings. The summed E-state index contributed by atoms with van der Waals surface area (Å²) >= 11 is 0. The Hall–Kier alpha value is -1.35. The minimum absolute atomic E-state index is 0.122. The molecule has 0 aromatic heterocycles. The second-order valence-electron chi connectivity index (χ2n) is 5.45. The van der Waals surface area contributed by atoms with Crippen molar-refractivity contribution in [1.29, 1.82) is 0 Å². The van der Waals surface area contributed by atoms with Gasteiger partial charge in [0.2, 0.25) is 5.91 Å². The summed E-state index contributed by atoms with van der Waals surface area (Å²) in [5.74, 6) is 0.122. The molecular weight excluding hydrogens is 236 g/mol. The van der Waals surface area contributed by atoms with Crippen molar-refractivity contribution in [3.63, 3.8) is 0 Å². The Morgan fingerprint density at radius 3 is 2.16 bits per heavy atom. The van der Waals surface area contributed by atoms with Crippen LogP contribution in [0.4, 0.5) is 0 Å². The summed E-state index contributed by atoms with van der Waals surface area (Å²) in [5.41, 5.74) is 7.77. The fraction of sp³-hybridized carbons (Fsp3) is 0.562. The van der Waals surface area contributed by atoms with E-state index in [0.29, 0.717) is 13.1 Å². The molecule has 0 aliphatic carbocycles.